The zero-order chi connectivity index (χ0) is 13.7. The number of hydrogen-bond acceptors (Lipinski definition) is 2. The smallest absolute Gasteiger partial charge is 0.139 e. The molecule has 1 aromatic carbocycles. The number of aliphatic hydroxyl groups excluding tert-OH is 1. The van der Waals surface area contributed by atoms with Gasteiger partial charge in [-0.1, -0.05) is 43.5 Å². The van der Waals surface area contributed by atoms with E-state index in [1.54, 1.807) is 12.1 Å². The van der Waals surface area contributed by atoms with E-state index in [1.807, 2.05) is 13.8 Å². The predicted octanol–water partition coefficient (Wildman–Crippen LogP) is 4.86. The van der Waals surface area contributed by atoms with Crippen molar-refractivity contribution in [3.8, 4) is 5.75 Å². The molecular weight excluding hydrogens is 271 g/mol. The molecule has 1 N–H and O–H groups in total. The van der Waals surface area contributed by atoms with Crippen LogP contribution in [0.15, 0.2) is 12.1 Å². The van der Waals surface area contributed by atoms with Gasteiger partial charge in [0.25, 0.3) is 0 Å². The Morgan fingerprint density at radius 1 is 1.22 bits per heavy atom. The molecule has 0 aromatic heterocycles. The molecule has 2 nitrogen and oxygen atoms in total. The van der Waals surface area contributed by atoms with Crippen LogP contribution in [0.1, 0.15) is 45.3 Å². The molecule has 1 aromatic rings. The third kappa shape index (κ3) is 3.78. The summed E-state index contributed by atoms with van der Waals surface area (Å²) in [6.45, 7) is 6.52. The van der Waals surface area contributed by atoms with Crippen LogP contribution in [0.25, 0.3) is 0 Å². The number of benzene rings is 1. The second kappa shape index (κ2) is 7.22. The third-order valence-electron chi connectivity index (χ3n) is 2.95. The average Bonchev–Trinajstić information content (AvgIpc) is 2.33. The molecular formula is C14H20Cl2O2. The quantitative estimate of drug-likeness (QED) is 0.811. The van der Waals surface area contributed by atoms with E-state index in [9.17, 15) is 5.11 Å². The number of hydrogen-bond donors (Lipinski definition) is 1. The summed E-state index contributed by atoms with van der Waals surface area (Å²) in [6.07, 6.45) is 1.38. The first-order chi connectivity index (χ1) is 8.51. The molecule has 0 amide bonds. The van der Waals surface area contributed by atoms with Crippen molar-refractivity contribution in [2.24, 2.45) is 5.92 Å². The highest BCUT2D eigenvalue weighted by Crippen LogP contribution is 2.37. The van der Waals surface area contributed by atoms with Gasteiger partial charge in [0, 0.05) is 11.6 Å². The molecule has 0 aliphatic rings. The standard InChI is InChI=1S/C14H20Cl2O2/c1-4-6-9(3)14(17)10-7-12(16)13(18-5-2)8-11(10)15/h7-9,14,17H,4-6H2,1-3H3. The van der Waals surface area contributed by atoms with Crippen molar-refractivity contribution in [2.75, 3.05) is 6.61 Å². The lowest BCUT2D eigenvalue weighted by Gasteiger charge is -2.20. The molecule has 4 heteroatoms. The number of rotatable bonds is 6. The normalized spacial score (nSPS) is 14.3. The Morgan fingerprint density at radius 2 is 1.89 bits per heavy atom. The van der Waals surface area contributed by atoms with E-state index in [0.717, 1.165) is 12.8 Å². The first-order valence-electron chi connectivity index (χ1n) is 6.31. The van der Waals surface area contributed by atoms with Crippen LogP contribution in [-0.2, 0) is 0 Å². The SMILES string of the molecule is CCCC(C)C(O)c1cc(Cl)c(OCC)cc1Cl. The van der Waals surface area contributed by atoms with Crippen molar-refractivity contribution in [2.45, 2.75) is 39.7 Å². The highest BCUT2D eigenvalue weighted by atomic mass is 35.5. The molecule has 1 rings (SSSR count). The second-order valence-electron chi connectivity index (χ2n) is 4.45. The van der Waals surface area contributed by atoms with Crippen molar-refractivity contribution in [3.05, 3.63) is 27.7 Å². The lowest BCUT2D eigenvalue weighted by molar-refractivity contribution is 0.112. The fourth-order valence-corrected chi connectivity index (χ4v) is 2.45. The summed E-state index contributed by atoms with van der Waals surface area (Å²) in [4.78, 5) is 0. The maximum absolute atomic E-state index is 10.3. The fourth-order valence-electron chi connectivity index (χ4n) is 1.96. The molecule has 0 saturated heterocycles. The lowest BCUT2D eigenvalue weighted by Crippen LogP contribution is -2.10. The largest absolute Gasteiger partial charge is 0.492 e. The molecule has 18 heavy (non-hydrogen) atoms. The number of ether oxygens (including phenoxy) is 1. The second-order valence-corrected chi connectivity index (χ2v) is 5.26. The Kier molecular flexibility index (Phi) is 6.27. The minimum Gasteiger partial charge on any atom is -0.492 e. The van der Waals surface area contributed by atoms with Gasteiger partial charge in [0.05, 0.1) is 22.8 Å². The van der Waals surface area contributed by atoms with Crippen molar-refractivity contribution in [1.82, 2.24) is 0 Å². The summed E-state index contributed by atoms with van der Waals surface area (Å²) in [5, 5.41) is 11.2. The first kappa shape index (κ1) is 15.6. The van der Waals surface area contributed by atoms with Crippen LogP contribution in [0, 0.1) is 5.92 Å². The molecule has 0 bridgehead atoms. The Balaban J connectivity index is 2.99. The summed E-state index contributed by atoms with van der Waals surface area (Å²) in [5.41, 5.74) is 0.672. The Labute approximate surface area is 119 Å². The summed E-state index contributed by atoms with van der Waals surface area (Å²) < 4.78 is 5.36. The molecule has 2 unspecified atom stereocenters. The van der Waals surface area contributed by atoms with Gasteiger partial charge < -0.3 is 9.84 Å². The zero-order valence-corrected chi connectivity index (χ0v) is 12.6. The number of halogens is 2. The molecule has 0 radical (unpaired) electrons. The molecule has 102 valence electrons. The van der Waals surface area contributed by atoms with Crippen LogP contribution in [0.2, 0.25) is 10.0 Å². The fraction of sp³-hybridized carbons (Fsp3) is 0.571. The molecule has 0 aliphatic carbocycles. The van der Waals surface area contributed by atoms with E-state index in [0.29, 0.717) is 28.0 Å². The van der Waals surface area contributed by atoms with Crippen molar-refractivity contribution < 1.29 is 9.84 Å². The van der Waals surface area contributed by atoms with Crippen LogP contribution in [0.5, 0.6) is 5.75 Å². The minimum atomic E-state index is -0.592. The first-order valence-corrected chi connectivity index (χ1v) is 7.06. The molecule has 0 spiro atoms. The molecule has 0 saturated carbocycles. The van der Waals surface area contributed by atoms with Gasteiger partial charge in [-0.15, -0.1) is 0 Å². The lowest BCUT2D eigenvalue weighted by atomic mass is 9.93. The van der Waals surface area contributed by atoms with E-state index in [-0.39, 0.29) is 5.92 Å². The molecule has 0 fully saturated rings. The van der Waals surface area contributed by atoms with Gasteiger partial charge in [-0.3, -0.25) is 0 Å². The summed E-state index contributed by atoms with van der Waals surface area (Å²) >= 11 is 12.3. The van der Waals surface area contributed by atoms with E-state index >= 15 is 0 Å². The number of aliphatic hydroxyl groups is 1. The predicted molar refractivity (Wildman–Crippen MR) is 76.7 cm³/mol. The van der Waals surface area contributed by atoms with Crippen LogP contribution in [0.4, 0.5) is 0 Å². The van der Waals surface area contributed by atoms with Crippen LogP contribution in [-0.4, -0.2) is 11.7 Å². The molecule has 0 heterocycles. The Hall–Kier alpha value is -0.440. The summed E-state index contributed by atoms with van der Waals surface area (Å²) in [5.74, 6) is 0.713. The van der Waals surface area contributed by atoms with E-state index in [1.165, 1.54) is 0 Å². The van der Waals surface area contributed by atoms with Crippen molar-refractivity contribution in [3.63, 3.8) is 0 Å². The summed E-state index contributed by atoms with van der Waals surface area (Å²) in [6, 6.07) is 3.37. The van der Waals surface area contributed by atoms with Gasteiger partial charge in [0.1, 0.15) is 5.75 Å². The minimum absolute atomic E-state index is 0.154. The van der Waals surface area contributed by atoms with Gasteiger partial charge >= 0.3 is 0 Å². The topological polar surface area (TPSA) is 29.5 Å². The zero-order valence-electron chi connectivity index (χ0n) is 11.0. The van der Waals surface area contributed by atoms with Crippen molar-refractivity contribution >= 4 is 23.2 Å². The highest BCUT2D eigenvalue weighted by Gasteiger charge is 2.20. The van der Waals surface area contributed by atoms with Crippen LogP contribution >= 0.6 is 23.2 Å². The molecule has 2 atom stereocenters. The Bertz CT molecular complexity index is 394. The van der Waals surface area contributed by atoms with E-state index in [2.05, 4.69) is 6.92 Å². The van der Waals surface area contributed by atoms with E-state index in [4.69, 9.17) is 27.9 Å². The van der Waals surface area contributed by atoms with Crippen LogP contribution < -0.4 is 4.74 Å². The highest BCUT2D eigenvalue weighted by molar-refractivity contribution is 6.34. The summed E-state index contributed by atoms with van der Waals surface area (Å²) in [7, 11) is 0. The van der Waals surface area contributed by atoms with Gasteiger partial charge in [-0.05, 0) is 25.3 Å². The Morgan fingerprint density at radius 3 is 2.44 bits per heavy atom. The maximum atomic E-state index is 10.3. The maximum Gasteiger partial charge on any atom is 0.139 e. The van der Waals surface area contributed by atoms with Gasteiger partial charge in [0.2, 0.25) is 0 Å². The molecule has 0 aliphatic heterocycles. The van der Waals surface area contributed by atoms with E-state index < -0.39 is 6.10 Å². The van der Waals surface area contributed by atoms with Gasteiger partial charge in [-0.25, -0.2) is 0 Å². The monoisotopic (exact) mass is 290 g/mol. The van der Waals surface area contributed by atoms with Gasteiger partial charge in [0.15, 0.2) is 0 Å². The van der Waals surface area contributed by atoms with Crippen molar-refractivity contribution in [1.29, 1.82) is 0 Å². The average molecular weight is 291 g/mol. The third-order valence-corrected chi connectivity index (χ3v) is 3.58. The van der Waals surface area contributed by atoms with Crippen LogP contribution in [0.3, 0.4) is 0 Å². The van der Waals surface area contributed by atoms with Gasteiger partial charge in [-0.2, -0.15) is 0 Å².